The molecule has 2 aromatic carbocycles. The number of methoxy groups -OCH3 is 2. The molecule has 1 N–H and O–H groups in total. The molecule has 0 amide bonds. The molecular formula is C16H14ClF3N2O2. The first-order valence-corrected chi connectivity index (χ1v) is 7.11. The molecule has 8 heteroatoms. The van der Waals surface area contributed by atoms with Crippen LogP contribution >= 0.6 is 11.6 Å². The van der Waals surface area contributed by atoms with Crippen LogP contribution in [0.4, 0.5) is 18.9 Å². The molecule has 0 aromatic heterocycles. The van der Waals surface area contributed by atoms with Gasteiger partial charge in [-0.05, 0) is 35.9 Å². The molecule has 0 radical (unpaired) electrons. The number of nitrogens with one attached hydrogen (secondary N) is 1. The molecule has 0 saturated heterocycles. The van der Waals surface area contributed by atoms with Crippen molar-refractivity contribution in [2.75, 3.05) is 19.6 Å². The normalized spacial score (nSPS) is 11.6. The molecule has 0 atom stereocenters. The quantitative estimate of drug-likeness (QED) is 0.615. The number of hydrazone groups is 1. The smallest absolute Gasteiger partial charge is 0.416 e. The molecule has 4 nitrogen and oxygen atoms in total. The lowest BCUT2D eigenvalue weighted by atomic mass is 10.2. The number of nitrogens with zero attached hydrogens (tertiary/aromatic N) is 1. The van der Waals surface area contributed by atoms with E-state index in [4.69, 9.17) is 21.1 Å². The summed E-state index contributed by atoms with van der Waals surface area (Å²) in [5.41, 5.74) is 2.60. The van der Waals surface area contributed by atoms with E-state index in [-0.39, 0.29) is 5.69 Å². The van der Waals surface area contributed by atoms with Crippen molar-refractivity contribution in [2.24, 2.45) is 5.10 Å². The van der Waals surface area contributed by atoms with Crippen LogP contribution in [0.1, 0.15) is 11.1 Å². The molecule has 0 heterocycles. The van der Waals surface area contributed by atoms with E-state index in [1.54, 1.807) is 12.1 Å². The van der Waals surface area contributed by atoms with Gasteiger partial charge in [0.15, 0.2) is 11.5 Å². The van der Waals surface area contributed by atoms with Gasteiger partial charge in [0.25, 0.3) is 0 Å². The predicted molar refractivity (Wildman–Crippen MR) is 87.2 cm³/mol. The fraction of sp³-hybridized carbons (Fsp3) is 0.188. The van der Waals surface area contributed by atoms with Gasteiger partial charge in [-0.1, -0.05) is 17.7 Å². The maximum absolute atomic E-state index is 12.6. The first kappa shape index (κ1) is 17.9. The third-order valence-corrected chi connectivity index (χ3v) is 3.33. The number of benzene rings is 2. The van der Waals surface area contributed by atoms with Crippen LogP contribution in [0.2, 0.25) is 5.02 Å². The summed E-state index contributed by atoms with van der Waals surface area (Å²) in [5, 5.41) is 4.24. The molecule has 24 heavy (non-hydrogen) atoms. The van der Waals surface area contributed by atoms with Crippen molar-refractivity contribution in [3.05, 3.63) is 52.5 Å². The summed E-state index contributed by atoms with van der Waals surface area (Å²) >= 11 is 6.07. The van der Waals surface area contributed by atoms with Crippen LogP contribution in [0.25, 0.3) is 0 Å². The number of anilines is 1. The molecule has 0 aliphatic carbocycles. The van der Waals surface area contributed by atoms with Crippen molar-refractivity contribution in [3.63, 3.8) is 0 Å². The van der Waals surface area contributed by atoms with Crippen LogP contribution in [-0.4, -0.2) is 20.4 Å². The molecular weight excluding hydrogens is 345 g/mol. The Labute approximate surface area is 141 Å². The summed E-state index contributed by atoms with van der Waals surface area (Å²) in [6.45, 7) is 0. The van der Waals surface area contributed by atoms with Crippen LogP contribution in [0.3, 0.4) is 0 Å². The molecule has 0 saturated carbocycles. The number of hydrogen-bond acceptors (Lipinski definition) is 4. The Morgan fingerprint density at radius 2 is 1.88 bits per heavy atom. The lowest BCUT2D eigenvalue weighted by molar-refractivity contribution is -0.137. The molecule has 2 rings (SSSR count). The van der Waals surface area contributed by atoms with E-state index in [2.05, 4.69) is 10.5 Å². The van der Waals surface area contributed by atoms with E-state index >= 15 is 0 Å². The minimum atomic E-state index is -4.40. The van der Waals surface area contributed by atoms with Gasteiger partial charge in [-0.25, -0.2) is 0 Å². The number of alkyl halides is 3. The predicted octanol–water partition coefficient (Wildman–Crippen LogP) is 4.82. The highest BCUT2D eigenvalue weighted by Crippen LogP contribution is 2.35. The zero-order valence-corrected chi connectivity index (χ0v) is 13.6. The Bertz CT molecular complexity index is 749. The van der Waals surface area contributed by atoms with E-state index in [9.17, 15) is 13.2 Å². The van der Waals surface area contributed by atoms with Crippen LogP contribution in [0.15, 0.2) is 41.5 Å². The summed E-state index contributed by atoms with van der Waals surface area (Å²) in [6.07, 6.45) is -2.99. The Morgan fingerprint density at radius 1 is 1.12 bits per heavy atom. The summed E-state index contributed by atoms with van der Waals surface area (Å²) in [7, 11) is 2.93. The zero-order chi connectivity index (χ0) is 17.7. The molecule has 0 aliphatic heterocycles. The maximum atomic E-state index is 12.6. The zero-order valence-electron chi connectivity index (χ0n) is 12.8. The number of rotatable bonds is 5. The number of ether oxygens (including phenoxy) is 2. The van der Waals surface area contributed by atoms with E-state index in [0.29, 0.717) is 22.1 Å². The molecule has 0 aliphatic rings. The van der Waals surface area contributed by atoms with Crippen molar-refractivity contribution < 1.29 is 22.6 Å². The van der Waals surface area contributed by atoms with Gasteiger partial charge < -0.3 is 9.47 Å². The monoisotopic (exact) mass is 358 g/mol. The van der Waals surface area contributed by atoms with Crippen LogP contribution in [0, 0.1) is 0 Å². The maximum Gasteiger partial charge on any atom is 0.416 e. The van der Waals surface area contributed by atoms with Crippen molar-refractivity contribution in [2.45, 2.75) is 6.18 Å². The first-order valence-electron chi connectivity index (χ1n) is 6.73. The third-order valence-electron chi connectivity index (χ3n) is 3.05. The molecule has 0 unspecified atom stereocenters. The fourth-order valence-corrected chi connectivity index (χ4v) is 2.26. The van der Waals surface area contributed by atoms with Crippen molar-refractivity contribution in [1.82, 2.24) is 0 Å². The van der Waals surface area contributed by atoms with Crippen molar-refractivity contribution >= 4 is 23.5 Å². The highest BCUT2D eigenvalue weighted by atomic mass is 35.5. The lowest BCUT2D eigenvalue weighted by Crippen LogP contribution is -2.05. The van der Waals surface area contributed by atoms with E-state index < -0.39 is 11.7 Å². The summed E-state index contributed by atoms with van der Waals surface area (Å²) < 4.78 is 48.2. The molecule has 0 spiro atoms. The third kappa shape index (κ3) is 4.32. The SMILES string of the molecule is COc1cc(C=NNc2cccc(C(F)(F)F)c2)cc(Cl)c1OC. The second-order valence-corrected chi connectivity index (χ2v) is 5.09. The van der Waals surface area contributed by atoms with E-state index in [1.165, 1.54) is 32.6 Å². The molecule has 128 valence electrons. The van der Waals surface area contributed by atoms with E-state index in [0.717, 1.165) is 12.1 Å². The minimum Gasteiger partial charge on any atom is -0.493 e. The standard InChI is InChI=1S/C16H14ClF3N2O2/c1-23-14-7-10(6-13(17)15(14)24-2)9-21-22-12-5-3-4-11(8-12)16(18,19)20/h3-9,22H,1-2H3. The van der Waals surface area contributed by atoms with Gasteiger partial charge in [-0.15, -0.1) is 0 Å². The van der Waals surface area contributed by atoms with Crippen LogP contribution < -0.4 is 14.9 Å². The van der Waals surface area contributed by atoms with Crippen molar-refractivity contribution in [1.29, 1.82) is 0 Å². The van der Waals surface area contributed by atoms with Gasteiger partial charge in [0.1, 0.15) is 0 Å². The second kappa shape index (κ2) is 7.44. The average molecular weight is 359 g/mol. The average Bonchev–Trinajstić information content (AvgIpc) is 2.54. The van der Waals surface area contributed by atoms with E-state index in [1.807, 2.05) is 0 Å². The summed E-state index contributed by atoms with van der Waals surface area (Å²) in [4.78, 5) is 0. The van der Waals surface area contributed by atoms with Gasteiger partial charge in [-0.3, -0.25) is 5.43 Å². The molecule has 0 fully saturated rings. The first-order chi connectivity index (χ1) is 11.3. The van der Waals surface area contributed by atoms with Gasteiger partial charge in [0, 0.05) is 0 Å². The lowest BCUT2D eigenvalue weighted by Gasteiger charge is -2.10. The Hall–Kier alpha value is -2.41. The fourth-order valence-electron chi connectivity index (χ4n) is 1.96. The largest absolute Gasteiger partial charge is 0.493 e. The van der Waals surface area contributed by atoms with Crippen molar-refractivity contribution in [3.8, 4) is 11.5 Å². The molecule has 0 bridgehead atoms. The Balaban J connectivity index is 2.16. The van der Waals surface area contributed by atoms with Gasteiger partial charge in [-0.2, -0.15) is 18.3 Å². The van der Waals surface area contributed by atoms with Gasteiger partial charge >= 0.3 is 6.18 Å². The highest BCUT2D eigenvalue weighted by molar-refractivity contribution is 6.32. The Morgan fingerprint density at radius 3 is 2.50 bits per heavy atom. The number of halogens is 4. The number of hydrogen-bond donors (Lipinski definition) is 1. The molecule has 2 aromatic rings. The minimum absolute atomic E-state index is 0.215. The highest BCUT2D eigenvalue weighted by Gasteiger charge is 2.30. The summed E-state index contributed by atoms with van der Waals surface area (Å²) in [6, 6.07) is 7.98. The second-order valence-electron chi connectivity index (χ2n) is 4.69. The van der Waals surface area contributed by atoms with Crippen LogP contribution in [0.5, 0.6) is 11.5 Å². The van der Waals surface area contributed by atoms with Gasteiger partial charge in [0.2, 0.25) is 0 Å². The van der Waals surface area contributed by atoms with Gasteiger partial charge in [0.05, 0.1) is 36.7 Å². The van der Waals surface area contributed by atoms with Crippen LogP contribution in [-0.2, 0) is 6.18 Å². The Kier molecular flexibility index (Phi) is 5.56. The topological polar surface area (TPSA) is 42.8 Å². The summed E-state index contributed by atoms with van der Waals surface area (Å²) in [5.74, 6) is 0.813.